The highest BCUT2D eigenvalue weighted by Crippen LogP contribution is 2.25. The number of rotatable bonds is 4. The SMILES string of the molecule is Cc1nc(N2CCc3ccccc3C2)nc2c1ccc(=O)n2-c1ccc(C(=O)NC2CC2)cc1. The van der Waals surface area contributed by atoms with Gasteiger partial charge in [0.1, 0.15) is 0 Å². The van der Waals surface area contributed by atoms with Crippen LogP contribution in [-0.2, 0) is 13.0 Å². The largest absolute Gasteiger partial charge is 0.349 e. The maximum absolute atomic E-state index is 13.0. The molecular weight excluding hydrogens is 426 g/mol. The molecule has 0 atom stereocenters. The average Bonchev–Trinajstić information content (AvgIpc) is 3.67. The quantitative estimate of drug-likeness (QED) is 0.513. The van der Waals surface area contributed by atoms with Crippen LogP contribution in [0.2, 0.25) is 0 Å². The number of aryl methyl sites for hydroxylation is 1. The zero-order valence-electron chi connectivity index (χ0n) is 19.0. The van der Waals surface area contributed by atoms with Gasteiger partial charge in [-0.3, -0.25) is 14.2 Å². The van der Waals surface area contributed by atoms with Crippen LogP contribution in [0.5, 0.6) is 0 Å². The summed E-state index contributed by atoms with van der Waals surface area (Å²) in [7, 11) is 0. The average molecular weight is 452 g/mol. The smallest absolute Gasteiger partial charge is 0.256 e. The fourth-order valence-corrected chi connectivity index (χ4v) is 4.57. The molecule has 1 saturated carbocycles. The lowest BCUT2D eigenvalue weighted by molar-refractivity contribution is 0.0951. The minimum Gasteiger partial charge on any atom is -0.349 e. The van der Waals surface area contributed by atoms with Crippen LogP contribution in [0.4, 0.5) is 5.95 Å². The number of nitrogens with one attached hydrogen (secondary N) is 1. The van der Waals surface area contributed by atoms with E-state index >= 15 is 0 Å². The van der Waals surface area contributed by atoms with Crippen molar-refractivity contribution >= 4 is 22.9 Å². The third-order valence-corrected chi connectivity index (χ3v) is 6.64. The van der Waals surface area contributed by atoms with Gasteiger partial charge < -0.3 is 10.2 Å². The molecule has 0 spiro atoms. The zero-order valence-corrected chi connectivity index (χ0v) is 19.0. The van der Waals surface area contributed by atoms with Gasteiger partial charge in [0.2, 0.25) is 5.95 Å². The fraction of sp³-hybridized carbons (Fsp3) is 0.259. The van der Waals surface area contributed by atoms with Gasteiger partial charge in [-0.05, 0) is 67.6 Å². The third-order valence-electron chi connectivity index (χ3n) is 6.64. The number of fused-ring (bicyclic) bond motifs is 2. The minimum absolute atomic E-state index is 0.0786. The number of hydrogen-bond donors (Lipinski definition) is 1. The molecule has 1 N–H and O–H groups in total. The summed E-state index contributed by atoms with van der Waals surface area (Å²) in [6, 6.07) is 19.2. The highest BCUT2D eigenvalue weighted by Gasteiger charge is 2.24. The van der Waals surface area contributed by atoms with E-state index in [1.165, 1.54) is 11.1 Å². The Morgan fingerprint density at radius 1 is 0.971 bits per heavy atom. The molecule has 4 aromatic rings. The van der Waals surface area contributed by atoms with Crippen molar-refractivity contribution in [1.82, 2.24) is 19.9 Å². The standard InChI is InChI=1S/C27H25N5O2/c1-17-23-12-13-24(33)32(22-10-6-19(7-11-22)26(34)29-21-8-9-21)25(23)30-27(28-17)31-15-14-18-4-2-3-5-20(18)16-31/h2-7,10-13,21H,8-9,14-16H2,1H3,(H,29,34). The third kappa shape index (κ3) is 3.73. The van der Waals surface area contributed by atoms with E-state index in [0.29, 0.717) is 28.9 Å². The summed E-state index contributed by atoms with van der Waals surface area (Å²) in [6.07, 6.45) is 3.01. The van der Waals surface area contributed by atoms with E-state index in [4.69, 9.17) is 9.97 Å². The second-order valence-electron chi connectivity index (χ2n) is 9.09. The first-order valence-electron chi connectivity index (χ1n) is 11.7. The predicted octanol–water partition coefficient (Wildman–Crippen LogP) is 3.54. The molecule has 0 bridgehead atoms. The summed E-state index contributed by atoms with van der Waals surface area (Å²) >= 11 is 0. The molecule has 34 heavy (non-hydrogen) atoms. The van der Waals surface area contributed by atoms with Crippen molar-refractivity contribution in [1.29, 1.82) is 0 Å². The molecule has 7 heteroatoms. The van der Waals surface area contributed by atoms with E-state index in [1.54, 1.807) is 41.0 Å². The van der Waals surface area contributed by atoms with Gasteiger partial charge in [-0.2, -0.15) is 4.98 Å². The molecule has 0 radical (unpaired) electrons. The highest BCUT2D eigenvalue weighted by molar-refractivity contribution is 5.94. The van der Waals surface area contributed by atoms with Crippen molar-refractivity contribution in [2.24, 2.45) is 0 Å². The minimum atomic E-state index is -0.171. The summed E-state index contributed by atoms with van der Waals surface area (Å²) in [5, 5.41) is 3.83. The molecule has 0 unspecified atom stereocenters. The van der Waals surface area contributed by atoms with Crippen molar-refractivity contribution in [3.8, 4) is 5.69 Å². The number of aromatic nitrogens is 3. The Morgan fingerprint density at radius 2 is 1.74 bits per heavy atom. The normalized spacial score (nSPS) is 15.3. The molecule has 170 valence electrons. The van der Waals surface area contributed by atoms with Crippen LogP contribution in [0.15, 0.2) is 65.5 Å². The van der Waals surface area contributed by atoms with E-state index in [9.17, 15) is 9.59 Å². The van der Waals surface area contributed by atoms with Crippen LogP contribution < -0.4 is 15.8 Å². The van der Waals surface area contributed by atoms with Gasteiger partial charge in [0.15, 0.2) is 5.65 Å². The molecule has 6 rings (SSSR count). The van der Waals surface area contributed by atoms with Crippen LogP contribution in [0, 0.1) is 6.92 Å². The van der Waals surface area contributed by atoms with Gasteiger partial charge in [-0.25, -0.2) is 4.98 Å². The van der Waals surface area contributed by atoms with Gasteiger partial charge >= 0.3 is 0 Å². The topological polar surface area (TPSA) is 80.1 Å². The van der Waals surface area contributed by atoms with Gasteiger partial charge in [0.25, 0.3) is 11.5 Å². The van der Waals surface area contributed by atoms with E-state index in [-0.39, 0.29) is 11.5 Å². The van der Waals surface area contributed by atoms with Crippen molar-refractivity contribution in [3.05, 3.63) is 93.4 Å². The molecule has 3 heterocycles. The predicted molar refractivity (Wildman–Crippen MR) is 132 cm³/mol. The lowest BCUT2D eigenvalue weighted by atomic mass is 10.0. The molecule has 2 aromatic heterocycles. The number of nitrogens with zero attached hydrogens (tertiary/aromatic N) is 4. The second kappa shape index (κ2) is 8.09. The Bertz CT molecular complexity index is 1470. The first-order chi connectivity index (χ1) is 16.6. The van der Waals surface area contributed by atoms with Crippen LogP contribution >= 0.6 is 0 Å². The van der Waals surface area contributed by atoms with E-state index < -0.39 is 0 Å². The first-order valence-corrected chi connectivity index (χ1v) is 11.7. The lowest BCUT2D eigenvalue weighted by Gasteiger charge is -2.29. The maximum atomic E-state index is 13.0. The molecule has 2 aromatic carbocycles. The monoisotopic (exact) mass is 451 g/mol. The molecular formula is C27H25N5O2. The van der Waals surface area contributed by atoms with Crippen molar-refractivity contribution < 1.29 is 4.79 Å². The van der Waals surface area contributed by atoms with E-state index in [1.807, 2.05) is 6.92 Å². The number of pyridine rings is 1. The van der Waals surface area contributed by atoms with Gasteiger partial charge in [0, 0.05) is 36.1 Å². The summed E-state index contributed by atoms with van der Waals surface area (Å²) in [5.74, 6) is 0.546. The van der Waals surface area contributed by atoms with Gasteiger partial charge in [-0.15, -0.1) is 0 Å². The number of hydrogen-bond acceptors (Lipinski definition) is 5. The number of benzene rings is 2. The summed E-state index contributed by atoms with van der Waals surface area (Å²) in [6.45, 7) is 3.51. The van der Waals surface area contributed by atoms with Gasteiger partial charge in [0.05, 0.1) is 11.4 Å². The van der Waals surface area contributed by atoms with Gasteiger partial charge in [-0.1, -0.05) is 24.3 Å². The number of anilines is 1. The van der Waals surface area contributed by atoms with E-state index in [2.05, 4.69) is 34.5 Å². The Hall–Kier alpha value is -4.00. The summed E-state index contributed by atoms with van der Waals surface area (Å²) in [5.41, 5.74) is 5.13. The Morgan fingerprint density at radius 3 is 2.50 bits per heavy atom. The van der Waals surface area contributed by atoms with Crippen molar-refractivity contribution in [2.45, 2.75) is 38.8 Å². The maximum Gasteiger partial charge on any atom is 0.256 e. The number of carbonyl (C=O) groups excluding carboxylic acids is 1. The number of carbonyl (C=O) groups is 1. The lowest BCUT2D eigenvalue weighted by Crippen LogP contribution is -2.32. The fourth-order valence-electron chi connectivity index (χ4n) is 4.57. The van der Waals surface area contributed by atoms with Crippen LogP contribution in [0.1, 0.15) is 40.0 Å². The molecule has 7 nitrogen and oxygen atoms in total. The number of amides is 1. The second-order valence-corrected chi connectivity index (χ2v) is 9.09. The molecule has 1 fully saturated rings. The zero-order chi connectivity index (χ0) is 23.2. The summed E-state index contributed by atoms with van der Waals surface area (Å²) in [4.78, 5) is 37.2. The first kappa shape index (κ1) is 20.6. The Kier molecular flexibility index (Phi) is 4.90. The Balaban J connectivity index is 1.40. The summed E-state index contributed by atoms with van der Waals surface area (Å²) < 4.78 is 1.61. The van der Waals surface area contributed by atoms with Crippen LogP contribution in [0.25, 0.3) is 16.7 Å². The highest BCUT2D eigenvalue weighted by atomic mass is 16.1. The molecule has 1 aliphatic heterocycles. The molecule has 2 aliphatic rings. The van der Waals surface area contributed by atoms with E-state index in [0.717, 1.165) is 43.4 Å². The Labute approximate surface area is 197 Å². The van der Waals surface area contributed by atoms with Crippen molar-refractivity contribution in [3.63, 3.8) is 0 Å². The van der Waals surface area contributed by atoms with Crippen LogP contribution in [0.3, 0.4) is 0 Å². The molecule has 1 amide bonds. The molecule has 1 aliphatic carbocycles. The van der Waals surface area contributed by atoms with Crippen LogP contribution in [-0.4, -0.2) is 33.0 Å². The van der Waals surface area contributed by atoms with Crippen molar-refractivity contribution in [2.75, 3.05) is 11.4 Å². The molecule has 0 saturated heterocycles.